The van der Waals surface area contributed by atoms with Crippen molar-refractivity contribution in [3.63, 3.8) is 0 Å². The van der Waals surface area contributed by atoms with E-state index in [0.29, 0.717) is 6.07 Å². The summed E-state index contributed by atoms with van der Waals surface area (Å²) in [5, 5.41) is 13.2. The Bertz CT molecular complexity index is 692. The van der Waals surface area contributed by atoms with Crippen LogP contribution in [0.4, 0.5) is 24.5 Å². The molecule has 1 aromatic rings. The Hall–Kier alpha value is -1.88. The van der Waals surface area contributed by atoms with Crippen LogP contribution in [0.3, 0.4) is 0 Å². The number of rotatable bonds is 8. The number of alkyl halides is 3. The average Bonchev–Trinajstić information content (AvgIpc) is 2.44. The SMILES string of the molecule is CCN(CCCNc1ccc([N+](=O)[O-])cc1C(F)(F)F)S(C)(=O)=O. The summed E-state index contributed by atoms with van der Waals surface area (Å²) in [6.45, 7) is 2.18. The fourth-order valence-corrected chi connectivity index (χ4v) is 3.00. The number of nitrogens with one attached hydrogen (secondary N) is 1. The normalized spacial score (nSPS) is 12.4. The van der Waals surface area contributed by atoms with Gasteiger partial charge in [-0.1, -0.05) is 6.92 Å². The molecule has 0 aliphatic heterocycles. The molecule has 0 heterocycles. The van der Waals surface area contributed by atoms with Crippen molar-refractivity contribution in [2.24, 2.45) is 0 Å². The Morgan fingerprint density at radius 3 is 2.42 bits per heavy atom. The summed E-state index contributed by atoms with van der Waals surface area (Å²) in [6.07, 6.45) is -3.40. The van der Waals surface area contributed by atoms with Crippen LogP contribution in [0.5, 0.6) is 0 Å². The van der Waals surface area contributed by atoms with Crippen molar-refractivity contribution in [1.29, 1.82) is 0 Å². The van der Waals surface area contributed by atoms with Crippen molar-refractivity contribution in [3.8, 4) is 0 Å². The maximum atomic E-state index is 13.0. The molecule has 0 fully saturated rings. The van der Waals surface area contributed by atoms with E-state index in [0.717, 1.165) is 18.4 Å². The van der Waals surface area contributed by atoms with Gasteiger partial charge in [-0.15, -0.1) is 0 Å². The minimum Gasteiger partial charge on any atom is -0.384 e. The first-order valence-corrected chi connectivity index (χ1v) is 8.86. The molecule has 0 saturated heterocycles. The van der Waals surface area contributed by atoms with Gasteiger partial charge >= 0.3 is 6.18 Å². The molecule has 0 aliphatic rings. The van der Waals surface area contributed by atoms with Crippen molar-refractivity contribution in [1.82, 2.24) is 4.31 Å². The molecular formula is C13H18F3N3O4S. The largest absolute Gasteiger partial charge is 0.418 e. The van der Waals surface area contributed by atoms with Crippen molar-refractivity contribution >= 4 is 21.4 Å². The third kappa shape index (κ3) is 5.64. The second-order valence-corrected chi connectivity index (χ2v) is 7.00. The number of benzene rings is 1. The smallest absolute Gasteiger partial charge is 0.384 e. The standard InChI is InChI=1S/C13H18F3N3O4S/c1-3-18(24(2,22)23)8-4-7-17-12-6-5-10(19(20)21)9-11(12)13(14,15)16/h5-6,9,17H,3-4,7-8H2,1-2H3. The van der Waals surface area contributed by atoms with E-state index in [1.54, 1.807) is 6.92 Å². The number of halogens is 3. The minimum atomic E-state index is -4.74. The van der Waals surface area contributed by atoms with E-state index in [2.05, 4.69) is 5.32 Å². The molecule has 0 unspecified atom stereocenters. The molecule has 136 valence electrons. The minimum absolute atomic E-state index is 0.0902. The van der Waals surface area contributed by atoms with Crippen LogP contribution in [0.1, 0.15) is 18.9 Å². The van der Waals surface area contributed by atoms with Gasteiger partial charge in [0.2, 0.25) is 10.0 Å². The Kier molecular flexibility index (Phi) is 6.55. The highest BCUT2D eigenvalue weighted by Gasteiger charge is 2.35. The predicted octanol–water partition coefficient (Wildman–Crippen LogP) is 2.70. The highest BCUT2D eigenvalue weighted by atomic mass is 32.2. The maximum Gasteiger partial charge on any atom is 0.418 e. The second-order valence-electron chi connectivity index (χ2n) is 5.02. The van der Waals surface area contributed by atoms with Crippen LogP contribution >= 0.6 is 0 Å². The van der Waals surface area contributed by atoms with E-state index in [4.69, 9.17) is 0 Å². The number of nitro benzene ring substituents is 1. The Labute approximate surface area is 137 Å². The first-order valence-electron chi connectivity index (χ1n) is 7.01. The number of hydrogen-bond donors (Lipinski definition) is 1. The Balaban J connectivity index is 2.80. The fourth-order valence-electron chi connectivity index (χ4n) is 2.07. The lowest BCUT2D eigenvalue weighted by atomic mass is 10.1. The number of sulfonamides is 1. The topological polar surface area (TPSA) is 92.5 Å². The van der Waals surface area contributed by atoms with Gasteiger partial charge < -0.3 is 5.32 Å². The van der Waals surface area contributed by atoms with Gasteiger partial charge in [-0.3, -0.25) is 10.1 Å². The third-order valence-electron chi connectivity index (χ3n) is 3.24. The van der Waals surface area contributed by atoms with Gasteiger partial charge in [0.15, 0.2) is 0 Å². The molecule has 1 aromatic carbocycles. The molecule has 0 aliphatic carbocycles. The van der Waals surface area contributed by atoms with Crippen molar-refractivity contribution in [2.75, 3.05) is 31.2 Å². The molecule has 1 N–H and O–H groups in total. The number of anilines is 1. The summed E-state index contributed by atoms with van der Waals surface area (Å²) >= 11 is 0. The summed E-state index contributed by atoms with van der Waals surface area (Å²) in [6, 6.07) is 2.44. The summed E-state index contributed by atoms with van der Waals surface area (Å²) in [7, 11) is -3.36. The first-order chi connectivity index (χ1) is 11.0. The number of hydrogen-bond acceptors (Lipinski definition) is 5. The van der Waals surface area contributed by atoms with Crippen molar-refractivity contribution in [3.05, 3.63) is 33.9 Å². The lowest BCUT2D eigenvalue weighted by molar-refractivity contribution is -0.385. The zero-order valence-electron chi connectivity index (χ0n) is 13.1. The van der Waals surface area contributed by atoms with E-state index in [-0.39, 0.29) is 31.7 Å². The van der Waals surface area contributed by atoms with Gasteiger partial charge in [0.25, 0.3) is 5.69 Å². The first kappa shape index (κ1) is 20.2. The highest BCUT2D eigenvalue weighted by Crippen LogP contribution is 2.37. The number of nitrogens with zero attached hydrogens (tertiary/aromatic N) is 2. The van der Waals surface area contributed by atoms with Gasteiger partial charge in [0, 0.05) is 37.5 Å². The van der Waals surface area contributed by atoms with E-state index in [1.807, 2.05) is 0 Å². The molecule has 0 aromatic heterocycles. The zero-order valence-corrected chi connectivity index (χ0v) is 13.9. The molecule has 0 amide bonds. The quantitative estimate of drug-likeness (QED) is 0.432. The highest BCUT2D eigenvalue weighted by molar-refractivity contribution is 7.88. The molecule has 0 saturated carbocycles. The molecule has 0 spiro atoms. The van der Waals surface area contributed by atoms with Gasteiger partial charge in [0.1, 0.15) is 0 Å². The molecule has 7 nitrogen and oxygen atoms in total. The van der Waals surface area contributed by atoms with Crippen molar-refractivity contribution in [2.45, 2.75) is 19.5 Å². The third-order valence-corrected chi connectivity index (χ3v) is 4.62. The number of nitro groups is 1. The Morgan fingerprint density at radius 1 is 1.33 bits per heavy atom. The van der Waals surface area contributed by atoms with Gasteiger partial charge in [-0.05, 0) is 12.5 Å². The molecule has 1 rings (SSSR count). The van der Waals surface area contributed by atoms with Crippen LogP contribution in [-0.2, 0) is 16.2 Å². The zero-order chi connectivity index (χ0) is 18.5. The molecule has 11 heteroatoms. The molecule has 0 atom stereocenters. The summed E-state index contributed by atoms with van der Waals surface area (Å²) in [5.74, 6) is 0. The maximum absolute atomic E-state index is 13.0. The van der Waals surface area contributed by atoms with Crippen LogP contribution in [0.25, 0.3) is 0 Å². The van der Waals surface area contributed by atoms with E-state index < -0.39 is 32.4 Å². The van der Waals surface area contributed by atoms with Crippen LogP contribution in [0.15, 0.2) is 18.2 Å². The molecule has 0 radical (unpaired) electrons. The van der Waals surface area contributed by atoms with Gasteiger partial charge in [-0.2, -0.15) is 13.2 Å². The van der Waals surface area contributed by atoms with Crippen LogP contribution < -0.4 is 5.32 Å². The van der Waals surface area contributed by atoms with Crippen LogP contribution in [0.2, 0.25) is 0 Å². The predicted molar refractivity (Wildman–Crippen MR) is 83.3 cm³/mol. The monoisotopic (exact) mass is 369 g/mol. The number of non-ortho nitro benzene ring substituents is 1. The molecular weight excluding hydrogens is 351 g/mol. The summed E-state index contributed by atoms with van der Waals surface area (Å²) < 4.78 is 63.0. The van der Waals surface area contributed by atoms with E-state index in [1.165, 1.54) is 4.31 Å². The second kappa shape index (κ2) is 7.79. The average molecular weight is 369 g/mol. The van der Waals surface area contributed by atoms with Crippen molar-refractivity contribution < 1.29 is 26.5 Å². The molecule has 0 bridgehead atoms. The Morgan fingerprint density at radius 2 is 1.96 bits per heavy atom. The van der Waals surface area contributed by atoms with Gasteiger partial charge in [-0.25, -0.2) is 12.7 Å². The van der Waals surface area contributed by atoms with Crippen LogP contribution in [-0.4, -0.2) is 43.5 Å². The van der Waals surface area contributed by atoms with E-state index >= 15 is 0 Å². The van der Waals surface area contributed by atoms with Gasteiger partial charge in [0.05, 0.1) is 16.7 Å². The van der Waals surface area contributed by atoms with E-state index in [9.17, 15) is 31.7 Å². The summed E-state index contributed by atoms with van der Waals surface area (Å²) in [4.78, 5) is 9.71. The lowest BCUT2D eigenvalue weighted by Crippen LogP contribution is -2.31. The van der Waals surface area contributed by atoms with Crippen LogP contribution in [0, 0.1) is 10.1 Å². The lowest BCUT2D eigenvalue weighted by Gasteiger charge is -2.18. The fraction of sp³-hybridized carbons (Fsp3) is 0.538. The molecule has 24 heavy (non-hydrogen) atoms. The summed E-state index contributed by atoms with van der Waals surface area (Å²) in [5.41, 5.74) is -2.07.